The van der Waals surface area contributed by atoms with Gasteiger partial charge in [0.15, 0.2) is 5.82 Å². The summed E-state index contributed by atoms with van der Waals surface area (Å²) in [4.78, 5) is 4.35. The molecule has 3 rings (SSSR count). The van der Waals surface area contributed by atoms with Gasteiger partial charge in [-0.2, -0.15) is 15.3 Å². The molecule has 0 saturated carbocycles. The zero-order valence-corrected chi connectivity index (χ0v) is 12.9. The van der Waals surface area contributed by atoms with E-state index in [0.717, 1.165) is 17.1 Å². The maximum absolute atomic E-state index is 8.94. The van der Waals surface area contributed by atoms with E-state index in [4.69, 9.17) is 10.00 Å². The molecule has 1 aromatic heterocycles. The summed E-state index contributed by atoms with van der Waals surface area (Å²) in [5.41, 5.74) is 2.14. The van der Waals surface area contributed by atoms with Crippen LogP contribution in [0.5, 0.6) is 5.75 Å². The number of hydrogen-bond donors (Lipinski definition) is 2. The molecule has 24 heavy (non-hydrogen) atoms. The monoisotopic (exact) mass is 318 g/mol. The molecule has 1 heterocycles. The number of ether oxygens (including phenoxy) is 1. The van der Waals surface area contributed by atoms with Gasteiger partial charge in [-0.25, -0.2) is 0 Å². The highest BCUT2D eigenvalue weighted by molar-refractivity contribution is 5.60. The summed E-state index contributed by atoms with van der Waals surface area (Å²) in [5, 5.41) is 23.0. The topological polar surface area (TPSA) is 95.8 Å². The summed E-state index contributed by atoms with van der Waals surface area (Å²) in [6.45, 7) is 0. The Bertz CT molecular complexity index is 873. The van der Waals surface area contributed by atoms with E-state index in [1.54, 1.807) is 25.3 Å². The van der Waals surface area contributed by atoms with Crippen molar-refractivity contribution in [3.63, 3.8) is 0 Å². The lowest BCUT2D eigenvalue weighted by Gasteiger charge is -2.08. The molecule has 0 spiro atoms. The molecule has 0 aliphatic heterocycles. The van der Waals surface area contributed by atoms with Gasteiger partial charge in [-0.3, -0.25) is 0 Å². The average molecular weight is 318 g/mol. The number of aromatic nitrogens is 3. The number of nitrogens with one attached hydrogen (secondary N) is 2. The number of benzene rings is 2. The number of rotatable bonds is 5. The van der Waals surface area contributed by atoms with Crippen LogP contribution in [0.15, 0.2) is 54.7 Å². The maximum Gasteiger partial charge on any atom is 0.249 e. The quantitative estimate of drug-likeness (QED) is 0.745. The highest BCUT2D eigenvalue weighted by Gasteiger charge is 2.03. The van der Waals surface area contributed by atoms with E-state index in [0.29, 0.717) is 17.3 Å². The van der Waals surface area contributed by atoms with Gasteiger partial charge in [-0.15, -0.1) is 5.10 Å². The summed E-state index contributed by atoms with van der Waals surface area (Å²) in [6, 6.07) is 16.6. The van der Waals surface area contributed by atoms with Gasteiger partial charge in [0.1, 0.15) is 5.75 Å². The Kier molecular flexibility index (Phi) is 4.49. The van der Waals surface area contributed by atoms with E-state index in [1.165, 1.54) is 6.20 Å². The smallest absolute Gasteiger partial charge is 0.249 e. The Morgan fingerprint density at radius 1 is 1.04 bits per heavy atom. The minimum absolute atomic E-state index is 0.363. The molecular weight excluding hydrogens is 304 g/mol. The van der Waals surface area contributed by atoms with Gasteiger partial charge in [-0.05, 0) is 42.5 Å². The largest absolute Gasteiger partial charge is 0.497 e. The molecule has 0 aliphatic carbocycles. The first kappa shape index (κ1) is 15.2. The fraction of sp³-hybridized carbons (Fsp3) is 0.0588. The average Bonchev–Trinajstić information content (AvgIpc) is 2.63. The fourth-order valence-electron chi connectivity index (χ4n) is 2.03. The third kappa shape index (κ3) is 3.75. The van der Waals surface area contributed by atoms with Gasteiger partial charge in [-0.1, -0.05) is 6.07 Å². The van der Waals surface area contributed by atoms with Crippen LogP contribution in [-0.2, 0) is 0 Å². The normalized spacial score (nSPS) is 9.83. The standard InChI is InChI=1S/C17H14N6O/c1-24-15-7-5-13(6-8-15)21-17-22-16(11-19-23-17)20-14-4-2-3-12(9-14)10-18/h2-9,11H,1H3,(H2,20,21,22,23). The molecule has 0 fully saturated rings. The number of hydrogen-bond acceptors (Lipinski definition) is 7. The van der Waals surface area contributed by atoms with Crippen molar-refractivity contribution >= 4 is 23.1 Å². The molecule has 0 saturated heterocycles. The van der Waals surface area contributed by atoms with E-state index in [1.807, 2.05) is 30.3 Å². The second kappa shape index (κ2) is 7.07. The summed E-state index contributed by atoms with van der Waals surface area (Å²) in [6.07, 6.45) is 1.51. The molecule has 0 amide bonds. The van der Waals surface area contributed by atoms with Gasteiger partial charge in [0.05, 0.1) is 24.9 Å². The van der Waals surface area contributed by atoms with E-state index < -0.39 is 0 Å². The van der Waals surface area contributed by atoms with E-state index in [9.17, 15) is 0 Å². The molecule has 2 aromatic carbocycles. The third-order valence-electron chi connectivity index (χ3n) is 3.17. The second-order valence-corrected chi connectivity index (χ2v) is 4.84. The lowest BCUT2D eigenvalue weighted by molar-refractivity contribution is 0.415. The molecule has 0 radical (unpaired) electrons. The predicted octanol–water partition coefficient (Wildman–Crippen LogP) is 3.24. The van der Waals surface area contributed by atoms with Crippen molar-refractivity contribution in [2.75, 3.05) is 17.7 Å². The predicted molar refractivity (Wildman–Crippen MR) is 90.5 cm³/mol. The first-order valence-corrected chi connectivity index (χ1v) is 7.15. The van der Waals surface area contributed by atoms with Crippen molar-refractivity contribution in [1.29, 1.82) is 5.26 Å². The SMILES string of the molecule is COc1ccc(Nc2nncc(Nc3cccc(C#N)c3)n2)cc1. The number of nitriles is 1. The molecule has 3 aromatic rings. The molecule has 0 atom stereocenters. The second-order valence-electron chi connectivity index (χ2n) is 4.84. The van der Waals surface area contributed by atoms with Crippen LogP contribution in [-0.4, -0.2) is 22.3 Å². The molecular formula is C17H14N6O. The van der Waals surface area contributed by atoms with Crippen molar-refractivity contribution in [2.45, 2.75) is 0 Å². The first-order valence-electron chi connectivity index (χ1n) is 7.15. The highest BCUT2D eigenvalue weighted by atomic mass is 16.5. The minimum atomic E-state index is 0.363. The van der Waals surface area contributed by atoms with E-state index in [-0.39, 0.29) is 0 Å². The van der Waals surface area contributed by atoms with Crippen LogP contribution in [0.2, 0.25) is 0 Å². The Labute approximate surface area is 139 Å². The Morgan fingerprint density at radius 2 is 1.88 bits per heavy atom. The molecule has 0 unspecified atom stereocenters. The summed E-state index contributed by atoms with van der Waals surface area (Å²) >= 11 is 0. The first-order chi connectivity index (χ1) is 11.8. The Hall–Kier alpha value is -3.66. The van der Waals surface area contributed by atoms with Crippen LogP contribution in [0.4, 0.5) is 23.1 Å². The summed E-state index contributed by atoms with van der Waals surface area (Å²) in [7, 11) is 1.62. The van der Waals surface area contributed by atoms with E-state index in [2.05, 4.69) is 31.9 Å². The van der Waals surface area contributed by atoms with Crippen LogP contribution in [0.3, 0.4) is 0 Å². The number of methoxy groups -OCH3 is 1. The van der Waals surface area contributed by atoms with Crippen molar-refractivity contribution in [3.05, 3.63) is 60.3 Å². The number of nitrogens with zero attached hydrogens (tertiary/aromatic N) is 4. The van der Waals surface area contributed by atoms with Crippen LogP contribution < -0.4 is 15.4 Å². The lowest BCUT2D eigenvalue weighted by atomic mass is 10.2. The molecule has 0 bridgehead atoms. The van der Waals surface area contributed by atoms with Crippen LogP contribution in [0.1, 0.15) is 5.56 Å². The third-order valence-corrected chi connectivity index (χ3v) is 3.17. The van der Waals surface area contributed by atoms with Gasteiger partial charge >= 0.3 is 0 Å². The van der Waals surface area contributed by atoms with Crippen molar-refractivity contribution < 1.29 is 4.74 Å². The molecule has 2 N–H and O–H groups in total. The molecule has 7 nitrogen and oxygen atoms in total. The maximum atomic E-state index is 8.94. The van der Waals surface area contributed by atoms with E-state index >= 15 is 0 Å². The summed E-state index contributed by atoms with van der Waals surface area (Å²) in [5.74, 6) is 1.66. The highest BCUT2D eigenvalue weighted by Crippen LogP contribution is 2.19. The molecule has 118 valence electrons. The zero-order chi connectivity index (χ0) is 16.8. The minimum Gasteiger partial charge on any atom is -0.497 e. The number of anilines is 4. The van der Waals surface area contributed by atoms with Crippen LogP contribution in [0.25, 0.3) is 0 Å². The Morgan fingerprint density at radius 3 is 2.62 bits per heavy atom. The van der Waals surface area contributed by atoms with Gasteiger partial charge in [0.25, 0.3) is 0 Å². The fourth-order valence-corrected chi connectivity index (χ4v) is 2.03. The summed E-state index contributed by atoms with van der Waals surface area (Å²) < 4.78 is 5.12. The Balaban J connectivity index is 1.74. The van der Waals surface area contributed by atoms with Gasteiger partial charge in [0.2, 0.25) is 5.95 Å². The van der Waals surface area contributed by atoms with Crippen LogP contribution >= 0.6 is 0 Å². The van der Waals surface area contributed by atoms with Gasteiger partial charge in [0, 0.05) is 11.4 Å². The van der Waals surface area contributed by atoms with Gasteiger partial charge < -0.3 is 15.4 Å². The molecule has 7 heteroatoms. The lowest BCUT2D eigenvalue weighted by Crippen LogP contribution is -2.02. The molecule has 0 aliphatic rings. The zero-order valence-electron chi connectivity index (χ0n) is 12.9. The van der Waals surface area contributed by atoms with Crippen LogP contribution in [0, 0.1) is 11.3 Å². The van der Waals surface area contributed by atoms with Crippen molar-refractivity contribution in [1.82, 2.24) is 15.2 Å². The van der Waals surface area contributed by atoms with Crippen molar-refractivity contribution in [2.24, 2.45) is 0 Å². The van der Waals surface area contributed by atoms with Crippen molar-refractivity contribution in [3.8, 4) is 11.8 Å².